The van der Waals surface area contributed by atoms with Gasteiger partial charge in [0.2, 0.25) is 0 Å². The third-order valence-electron chi connectivity index (χ3n) is 2.11. The Kier molecular flexibility index (Phi) is 4.84. The molecular weight excluding hydrogens is 192 g/mol. The molecule has 82 valence electrons. The van der Waals surface area contributed by atoms with Crippen molar-refractivity contribution in [1.82, 2.24) is 0 Å². The highest BCUT2D eigenvalue weighted by Crippen LogP contribution is 2.17. The molecule has 0 radical (unpaired) electrons. The normalized spacial score (nSPS) is 12.1. The van der Waals surface area contributed by atoms with Crippen LogP contribution >= 0.6 is 0 Å². The van der Waals surface area contributed by atoms with E-state index in [1.807, 2.05) is 30.3 Å². The lowest BCUT2D eigenvalue weighted by Gasteiger charge is -2.14. The van der Waals surface area contributed by atoms with E-state index < -0.39 is 0 Å². The van der Waals surface area contributed by atoms with Crippen LogP contribution in [0.3, 0.4) is 0 Å². The number of methoxy groups -OCH3 is 1. The fourth-order valence-electron chi connectivity index (χ4n) is 1.40. The Balaban J connectivity index is 2.78. The Morgan fingerprint density at radius 1 is 1.33 bits per heavy atom. The zero-order valence-electron chi connectivity index (χ0n) is 9.10. The van der Waals surface area contributed by atoms with Crippen molar-refractivity contribution in [1.29, 1.82) is 0 Å². The molecule has 0 aliphatic heterocycles. The van der Waals surface area contributed by atoms with Crippen molar-refractivity contribution in [2.75, 3.05) is 20.3 Å². The van der Waals surface area contributed by atoms with Gasteiger partial charge in [0.15, 0.2) is 0 Å². The second-order valence-corrected chi connectivity index (χ2v) is 3.17. The molecule has 1 unspecified atom stereocenters. The van der Waals surface area contributed by atoms with E-state index in [1.54, 1.807) is 14.0 Å². The minimum absolute atomic E-state index is 0.231. The number of ether oxygens (including phenoxy) is 2. The Labute approximate surface area is 90.0 Å². The van der Waals surface area contributed by atoms with E-state index in [9.17, 15) is 4.79 Å². The van der Waals surface area contributed by atoms with Gasteiger partial charge in [-0.15, -0.1) is 0 Å². The summed E-state index contributed by atoms with van der Waals surface area (Å²) in [7, 11) is 1.58. The highest BCUT2D eigenvalue weighted by molar-refractivity contribution is 5.78. The van der Waals surface area contributed by atoms with Crippen LogP contribution in [0.4, 0.5) is 0 Å². The molecular formula is C12H16O3. The number of benzene rings is 1. The lowest BCUT2D eigenvalue weighted by Crippen LogP contribution is -2.20. The van der Waals surface area contributed by atoms with Crippen LogP contribution < -0.4 is 0 Å². The van der Waals surface area contributed by atoms with Crippen molar-refractivity contribution in [2.45, 2.75) is 12.8 Å². The zero-order valence-corrected chi connectivity index (χ0v) is 9.10. The molecule has 1 atom stereocenters. The van der Waals surface area contributed by atoms with Crippen LogP contribution in [0.2, 0.25) is 0 Å². The maximum absolute atomic E-state index is 11.6. The first-order valence-electron chi connectivity index (χ1n) is 5.00. The highest BCUT2D eigenvalue weighted by Gasteiger charge is 2.21. The molecule has 1 aromatic rings. The van der Waals surface area contributed by atoms with Crippen LogP contribution in [0.5, 0.6) is 0 Å². The lowest BCUT2D eigenvalue weighted by atomic mass is 10.0. The molecule has 0 N–H and O–H groups in total. The first-order chi connectivity index (χ1) is 7.29. The van der Waals surface area contributed by atoms with Gasteiger partial charge in [-0.25, -0.2) is 0 Å². The van der Waals surface area contributed by atoms with Gasteiger partial charge < -0.3 is 9.47 Å². The fourth-order valence-corrected chi connectivity index (χ4v) is 1.40. The van der Waals surface area contributed by atoms with Crippen LogP contribution in [0.1, 0.15) is 18.4 Å². The Hall–Kier alpha value is -1.35. The Bertz CT molecular complexity index is 295. The molecule has 0 aromatic heterocycles. The summed E-state index contributed by atoms with van der Waals surface area (Å²) in [5, 5.41) is 0. The van der Waals surface area contributed by atoms with Gasteiger partial charge in [-0.2, -0.15) is 0 Å². The maximum atomic E-state index is 11.6. The standard InChI is InChI=1S/C12H16O3/c1-3-15-12(13)11(9-14-2)10-7-5-4-6-8-10/h4-8,11H,3,9H2,1-2H3. The molecule has 3 heteroatoms. The van der Waals surface area contributed by atoms with Crippen molar-refractivity contribution in [3.8, 4) is 0 Å². The molecule has 15 heavy (non-hydrogen) atoms. The summed E-state index contributed by atoms with van der Waals surface area (Å²) in [4.78, 5) is 11.6. The summed E-state index contributed by atoms with van der Waals surface area (Å²) in [5.41, 5.74) is 0.929. The van der Waals surface area contributed by atoms with E-state index in [2.05, 4.69) is 0 Å². The highest BCUT2D eigenvalue weighted by atomic mass is 16.5. The minimum atomic E-state index is -0.323. The maximum Gasteiger partial charge on any atom is 0.315 e. The average molecular weight is 208 g/mol. The number of carbonyl (C=O) groups excluding carboxylic acids is 1. The van der Waals surface area contributed by atoms with Crippen LogP contribution in [0.15, 0.2) is 30.3 Å². The first kappa shape index (κ1) is 11.7. The van der Waals surface area contributed by atoms with Gasteiger partial charge in [0, 0.05) is 7.11 Å². The second-order valence-electron chi connectivity index (χ2n) is 3.17. The van der Waals surface area contributed by atoms with Gasteiger partial charge in [-0.3, -0.25) is 4.79 Å². The second kappa shape index (κ2) is 6.19. The first-order valence-corrected chi connectivity index (χ1v) is 5.00. The number of carbonyl (C=O) groups is 1. The predicted molar refractivity (Wildman–Crippen MR) is 57.7 cm³/mol. The van der Waals surface area contributed by atoms with Crippen LogP contribution in [-0.4, -0.2) is 26.3 Å². The summed E-state index contributed by atoms with van der Waals surface area (Å²) < 4.78 is 10.0. The van der Waals surface area contributed by atoms with Crippen LogP contribution in [0.25, 0.3) is 0 Å². The van der Waals surface area contributed by atoms with E-state index in [4.69, 9.17) is 9.47 Å². The van der Waals surface area contributed by atoms with Gasteiger partial charge in [0.1, 0.15) is 5.92 Å². The summed E-state index contributed by atoms with van der Waals surface area (Å²) >= 11 is 0. The predicted octanol–water partition coefficient (Wildman–Crippen LogP) is 1.98. The number of rotatable bonds is 5. The summed E-state index contributed by atoms with van der Waals surface area (Å²) in [6.07, 6.45) is 0. The average Bonchev–Trinajstić information content (AvgIpc) is 2.27. The molecule has 0 aliphatic carbocycles. The molecule has 1 rings (SSSR count). The van der Waals surface area contributed by atoms with E-state index in [0.717, 1.165) is 5.56 Å². The minimum Gasteiger partial charge on any atom is -0.465 e. The van der Waals surface area contributed by atoms with Crippen molar-refractivity contribution < 1.29 is 14.3 Å². The monoisotopic (exact) mass is 208 g/mol. The molecule has 0 bridgehead atoms. The summed E-state index contributed by atoms with van der Waals surface area (Å²) in [6.45, 7) is 2.54. The van der Waals surface area contributed by atoms with Crippen molar-refractivity contribution in [2.24, 2.45) is 0 Å². The number of hydrogen-bond donors (Lipinski definition) is 0. The topological polar surface area (TPSA) is 35.5 Å². The molecule has 3 nitrogen and oxygen atoms in total. The van der Waals surface area contributed by atoms with Crippen molar-refractivity contribution >= 4 is 5.97 Å². The van der Waals surface area contributed by atoms with E-state index in [-0.39, 0.29) is 11.9 Å². The molecule has 1 aromatic carbocycles. The quantitative estimate of drug-likeness (QED) is 0.694. The van der Waals surface area contributed by atoms with Crippen molar-refractivity contribution in [3.63, 3.8) is 0 Å². The largest absolute Gasteiger partial charge is 0.465 e. The van der Waals surface area contributed by atoms with Gasteiger partial charge in [0.05, 0.1) is 13.2 Å². The van der Waals surface area contributed by atoms with E-state index in [0.29, 0.717) is 13.2 Å². The van der Waals surface area contributed by atoms with Gasteiger partial charge in [-0.05, 0) is 12.5 Å². The lowest BCUT2D eigenvalue weighted by molar-refractivity contribution is -0.146. The van der Waals surface area contributed by atoms with Crippen LogP contribution in [0, 0.1) is 0 Å². The molecule has 0 fully saturated rings. The third kappa shape index (κ3) is 3.36. The molecule has 0 spiro atoms. The zero-order chi connectivity index (χ0) is 11.1. The molecule has 0 heterocycles. The van der Waals surface area contributed by atoms with Gasteiger partial charge in [-0.1, -0.05) is 30.3 Å². The Morgan fingerprint density at radius 2 is 2.00 bits per heavy atom. The fraction of sp³-hybridized carbons (Fsp3) is 0.417. The molecule has 0 aliphatic rings. The van der Waals surface area contributed by atoms with E-state index >= 15 is 0 Å². The third-order valence-corrected chi connectivity index (χ3v) is 2.11. The number of esters is 1. The Morgan fingerprint density at radius 3 is 2.53 bits per heavy atom. The summed E-state index contributed by atoms with van der Waals surface area (Å²) in [5.74, 6) is -0.554. The smallest absolute Gasteiger partial charge is 0.315 e. The molecule has 0 saturated heterocycles. The summed E-state index contributed by atoms with van der Waals surface area (Å²) in [6, 6.07) is 9.52. The van der Waals surface area contributed by atoms with Gasteiger partial charge >= 0.3 is 5.97 Å². The molecule has 0 amide bonds. The van der Waals surface area contributed by atoms with Gasteiger partial charge in [0.25, 0.3) is 0 Å². The SMILES string of the molecule is CCOC(=O)C(COC)c1ccccc1. The van der Waals surface area contributed by atoms with Crippen molar-refractivity contribution in [3.05, 3.63) is 35.9 Å². The van der Waals surface area contributed by atoms with E-state index in [1.165, 1.54) is 0 Å². The number of hydrogen-bond acceptors (Lipinski definition) is 3. The molecule has 0 saturated carbocycles. The van der Waals surface area contributed by atoms with Crippen LogP contribution in [-0.2, 0) is 14.3 Å².